The summed E-state index contributed by atoms with van der Waals surface area (Å²) in [6.07, 6.45) is 1.06. The summed E-state index contributed by atoms with van der Waals surface area (Å²) in [6, 6.07) is 15.9. The van der Waals surface area contributed by atoms with E-state index in [9.17, 15) is 4.79 Å². The van der Waals surface area contributed by atoms with Gasteiger partial charge in [-0.2, -0.15) is 0 Å². The molecule has 0 saturated carbocycles. The Bertz CT molecular complexity index is 922. The lowest BCUT2D eigenvalue weighted by Gasteiger charge is -2.08. The molecule has 2 aromatic carbocycles. The molecule has 0 aliphatic carbocycles. The van der Waals surface area contributed by atoms with E-state index in [0.29, 0.717) is 24.6 Å². The van der Waals surface area contributed by atoms with Crippen molar-refractivity contribution in [3.8, 4) is 17.0 Å². The van der Waals surface area contributed by atoms with Crippen molar-refractivity contribution in [3.05, 3.63) is 63.4 Å². The van der Waals surface area contributed by atoms with Crippen molar-refractivity contribution in [1.29, 1.82) is 0 Å². The highest BCUT2D eigenvalue weighted by atomic mass is 79.9. The number of rotatable bonds is 7. The van der Waals surface area contributed by atoms with E-state index < -0.39 is 0 Å². The predicted molar refractivity (Wildman–Crippen MR) is 115 cm³/mol. The lowest BCUT2D eigenvalue weighted by molar-refractivity contribution is -0.116. The van der Waals surface area contributed by atoms with Gasteiger partial charge in [-0.3, -0.25) is 4.79 Å². The maximum Gasteiger partial charge on any atom is 0.226 e. The second kappa shape index (κ2) is 9.15. The molecule has 1 heterocycles. The van der Waals surface area contributed by atoms with Gasteiger partial charge < -0.3 is 10.1 Å². The fourth-order valence-electron chi connectivity index (χ4n) is 2.64. The second-order valence-electron chi connectivity index (χ2n) is 6.20. The van der Waals surface area contributed by atoms with Gasteiger partial charge in [-0.05, 0) is 44.0 Å². The molecular formula is C21H21BrN2O2S. The Hall–Kier alpha value is -2.18. The van der Waals surface area contributed by atoms with Crippen LogP contribution in [0.15, 0.2) is 53.0 Å². The van der Waals surface area contributed by atoms with E-state index in [1.807, 2.05) is 62.4 Å². The Balaban J connectivity index is 1.50. The number of carbonyl (C=O) groups is 1. The van der Waals surface area contributed by atoms with E-state index in [1.165, 1.54) is 11.3 Å². The Labute approximate surface area is 171 Å². The topological polar surface area (TPSA) is 51.2 Å². The van der Waals surface area contributed by atoms with Crippen molar-refractivity contribution in [3.63, 3.8) is 0 Å². The number of amides is 1. The maximum absolute atomic E-state index is 12.2. The van der Waals surface area contributed by atoms with Crippen LogP contribution < -0.4 is 10.1 Å². The second-order valence-corrected chi connectivity index (χ2v) is 8.32. The molecule has 0 fully saturated rings. The van der Waals surface area contributed by atoms with Gasteiger partial charge in [0.15, 0.2) is 5.13 Å². The van der Waals surface area contributed by atoms with Crippen LogP contribution in [0.4, 0.5) is 5.13 Å². The molecule has 0 radical (unpaired) electrons. The van der Waals surface area contributed by atoms with E-state index in [-0.39, 0.29) is 5.91 Å². The average Bonchev–Trinajstić information content (AvgIpc) is 3.01. The minimum absolute atomic E-state index is 0.0421. The van der Waals surface area contributed by atoms with Crippen molar-refractivity contribution in [1.82, 2.24) is 4.98 Å². The fourth-order valence-corrected chi connectivity index (χ4v) is 3.76. The lowest BCUT2D eigenvalue weighted by atomic mass is 10.1. The van der Waals surface area contributed by atoms with Crippen LogP contribution in [0.5, 0.6) is 5.75 Å². The highest BCUT2D eigenvalue weighted by Crippen LogP contribution is 2.31. The first-order valence-corrected chi connectivity index (χ1v) is 10.4. The van der Waals surface area contributed by atoms with Crippen LogP contribution in [0.3, 0.4) is 0 Å². The zero-order valence-corrected chi connectivity index (χ0v) is 17.7. The summed E-state index contributed by atoms with van der Waals surface area (Å²) in [4.78, 5) is 17.8. The summed E-state index contributed by atoms with van der Waals surface area (Å²) in [7, 11) is 0. The van der Waals surface area contributed by atoms with Crippen molar-refractivity contribution < 1.29 is 9.53 Å². The van der Waals surface area contributed by atoms with Gasteiger partial charge in [-0.1, -0.05) is 46.3 Å². The molecule has 0 unspecified atom stereocenters. The number of hydrogen-bond acceptors (Lipinski definition) is 4. The smallest absolute Gasteiger partial charge is 0.226 e. The lowest BCUT2D eigenvalue weighted by Crippen LogP contribution is -2.12. The van der Waals surface area contributed by atoms with Crippen LogP contribution in [-0.4, -0.2) is 17.5 Å². The van der Waals surface area contributed by atoms with E-state index in [2.05, 4.69) is 26.2 Å². The number of nitrogens with one attached hydrogen (secondary N) is 1. The third-order valence-corrected chi connectivity index (χ3v) is 5.47. The van der Waals surface area contributed by atoms with Gasteiger partial charge in [0.25, 0.3) is 0 Å². The number of ether oxygens (including phenoxy) is 1. The van der Waals surface area contributed by atoms with Crippen LogP contribution in [0.25, 0.3) is 11.3 Å². The Morgan fingerprint density at radius 2 is 1.89 bits per heavy atom. The molecule has 0 atom stereocenters. The zero-order valence-electron chi connectivity index (χ0n) is 15.3. The molecule has 0 aliphatic rings. The third kappa shape index (κ3) is 5.40. The monoisotopic (exact) mass is 444 g/mol. The number of aromatic nitrogens is 1. The number of carbonyl (C=O) groups excluding carboxylic acids is 1. The number of halogens is 1. The number of para-hydroxylation sites is 1. The molecule has 3 rings (SSSR count). The summed E-state index contributed by atoms with van der Waals surface area (Å²) in [5.74, 6) is 0.826. The van der Waals surface area contributed by atoms with Gasteiger partial charge in [0.1, 0.15) is 5.75 Å². The number of thiazole rings is 1. The number of nitrogens with zero attached hydrogens (tertiary/aromatic N) is 1. The van der Waals surface area contributed by atoms with Gasteiger partial charge in [0.05, 0.1) is 12.3 Å². The van der Waals surface area contributed by atoms with E-state index >= 15 is 0 Å². The first-order valence-electron chi connectivity index (χ1n) is 8.74. The van der Waals surface area contributed by atoms with Crippen LogP contribution in [-0.2, 0) is 4.79 Å². The highest BCUT2D eigenvalue weighted by Gasteiger charge is 2.12. The molecular weight excluding hydrogens is 424 g/mol. The largest absolute Gasteiger partial charge is 0.493 e. The average molecular weight is 445 g/mol. The van der Waals surface area contributed by atoms with Crippen molar-refractivity contribution in [2.75, 3.05) is 11.9 Å². The molecule has 140 valence electrons. The molecule has 4 nitrogen and oxygen atoms in total. The molecule has 1 N–H and O–H groups in total. The van der Waals surface area contributed by atoms with Gasteiger partial charge in [-0.25, -0.2) is 4.98 Å². The Morgan fingerprint density at radius 3 is 2.63 bits per heavy atom. The quantitative estimate of drug-likeness (QED) is 0.455. The summed E-state index contributed by atoms with van der Waals surface area (Å²) in [5, 5.41) is 3.53. The predicted octanol–water partition coefficient (Wildman–Crippen LogP) is 5.99. The molecule has 6 heteroatoms. The Morgan fingerprint density at radius 1 is 1.15 bits per heavy atom. The summed E-state index contributed by atoms with van der Waals surface area (Å²) >= 11 is 4.93. The van der Waals surface area contributed by atoms with Crippen LogP contribution in [0, 0.1) is 13.8 Å². The number of benzene rings is 2. The number of aryl methyl sites for hydroxylation is 2. The maximum atomic E-state index is 12.2. The van der Waals surface area contributed by atoms with Crippen molar-refractivity contribution in [2.24, 2.45) is 0 Å². The molecule has 3 aromatic rings. The molecule has 1 amide bonds. The van der Waals surface area contributed by atoms with Crippen molar-refractivity contribution in [2.45, 2.75) is 26.7 Å². The molecule has 0 bridgehead atoms. The SMILES string of the molecule is Cc1ccccc1OCCCC(=O)Nc1nc(-c2ccc(Br)cc2)c(C)s1. The normalized spacial score (nSPS) is 10.6. The third-order valence-electron chi connectivity index (χ3n) is 4.06. The van der Waals surface area contributed by atoms with Crippen LogP contribution in [0.1, 0.15) is 23.3 Å². The van der Waals surface area contributed by atoms with Crippen molar-refractivity contribution >= 4 is 38.3 Å². The van der Waals surface area contributed by atoms with E-state index in [1.54, 1.807) is 0 Å². The molecule has 0 spiro atoms. The summed E-state index contributed by atoms with van der Waals surface area (Å²) in [5.41, 5.74) is 3.05. The molecule has 1 aromatic heterocycles. The van der Waals surface area contributed by atoms with E-state index in [0.717, 1.165) is 31.9 Å². The first-order chi connectivity index (χ1) is 13.0. The van der Waals surface area contributed by atoms with Gasteiger partial charge in [-0.15, -0.1) is 11.3 Å². The molecule has 27 heavy (non-hydrogen) atoms. The van der Waals surface area contributed by atoms with E-state index in [4.69, 9.17) is 4.74 Å². The van der Waals surface area contributed by atoms with Gasteiger partial charge >= 0.3 is 0 Å². The summed E-state index contributed by atoms with van der Waals surface area (Å²) in [6.45, 7) is 4.54. The number of anilines is 1. The minimum atomic E-state index is -0.0421. The number of hydrogen-bond donors (Lipinski definition) is 1. The summed E-state index contributed by atoms with van der Waals surface area (Å²) < 4.78 is 6.76. The fraction of sp³-hybridized carbons (Fsp3) is 0.238. The first kappa shape index (κ1) is 19.6. The van der Waals surface area contributed by atoms with Crippen LogP contribution in [0.2, 0.25) is 0 Å². The van der Waals surface area contributed by atoms with Crippen LogP contribution >= 0.6 is 27.3 Å². The highest BCUT2D eigenvalue weighted by molar-refractivity contribution is 9.10. The molecule has 0 aliphatic heterocycles. The molecule has 0 saturated heterocycles. The Kier molecular flexibility index (Phi) is 6.63. The standard InChI is InChI=1S/C21H21BrN2O2S/c1-14-6-3-4-7-18(14)26-13-5-8-19(25)23-21-24-20(15(2)27-21)16-9-11-17(22)12-10-16/h3-4,6-7,9-12H,5,8,13H2,1-2H3,(H,23,24,25). The van der Waals surface area contributed by atoms with Gasteiger partial charge in [0, 0.05) is 21.3 Å². The zero-order chi connectivity index (χ0) is 19.2. The van der Waals surface area contributed by atoms with Gasteiger partial charge in [0.2, 0.25) is 5.91 Å². The minimum Gasteiger partial charge on any atom is -0.493 e.